The minimum Gasteiger partial charge on any atom is -0.496 e. The zero-order chi connectivity index (χ0) is 27.6. The van der Waals surface area contributed by atoms with Crippen molar-refractivity contribution >= 4 is 28.4 Å². The quantitative estimate of drug-likeness (QED) is 0.231. The summed E-state index contributed by atoms with van der Waals surface area (Å²) in [6, 6.07) is 27.0. The summed E-state index contributed by atoms with van der Waals surface area (Å²) in [6.45, 7) is 0. The fraction of sp³-hybridized carbons (Fsp3) is 0.0667. The van der Waals surface area contributed by atoms with E-state index in [2.05, 4.69) is 0 Å². The maximum absolute atomic E-state index is 14.1. The number of benzene rings is 4. The summed E-state index contributed by atoms with van der Waals surface area (Å²) in [4.78, 5) is 27.9. The van der Waals surface area contributed by atoms with Crippen molar-refractivity contribution in [1.82, 2.24) is 0 Å². The Morgan fingerprint density at radius 2 is 1.41 bits per heavy atom. The second-order valence-corrected chi connectivity index (χ2v) is 8.37. The molecule has 4 aromatic carbocycles. The number of amides is 1. The van der Waals surface area contributed by atoms with E-state index in [0.29, 0.717) is 11.4 Å². The van der Waals surface area contributed by atoms with Gasteiger partial charge in [-0.1, -0.05) is 54.6 Å². The molecule has 196 valence electrons. The van der Waals surface area contributed by atoms with Gasteiger partial charge in [0.1, 0.15) is 17.1 Å². The van der Waals surface area contributed by atoms with E-state index < -0.39 is 29.0 Å². The van der Waals surface area contributed by atoms with E-state index in [4.69, 9.17) is 13.9 Å². The first-order chi connectivity index (χ1) is 18.8. The summed E-state index contributed by atoms with van der Waals surface area (Å²) in [6.07, 6.45) is -5.80. The van der Waals surface area contributed by atoms with Gasteiger partial charge in [0.2, 0.25) is 11.2 Å². The van der Waals surface area contributed by atoms with Crippen LogP contribution in [0.2, 0.25) is 0 Å². The van der Waals surface area contributed by atoms with E-state index in [1.807, 2.05) is 0 Å². The molecule has 0 N–H and O–H groups in total. The van der Waals surface area contributed by atoms with Crippen molar-refractivity contribution in [1.29, 1.82) is 0 Å². The molecular formula is C30H20F3NO5. The van der Waals surface area contributed by atoms with Crippen molar-refractivity contribution in [3.63, 3.8) is 0 Å². The molecule has 0 aliphatic rings. The van der Waals surface area contributed by atoms with Crippen LogP contribution >= 0.6 is 0 Å². The number of fused-ring (bicyclic) bond motifs is 1. The minimum absolute atomic E-state index is 0.0557. The lowest BCUT2D eigenvalue weighted by atomic mass is 10.0. The molecule has 0 spiro atoms. The van der Waals surface area contributed by atoms with Gasteiger partial charge in [0.15, 0.2) is 0 Å². The highest BCUT2D eigenvalue weighted by Gasteiger charge is 2.40. The summed E-state index contributed by atoms with van der Waals surface area (Å²) in [5.74, 6) is -1.50. The van der Waals surface area contributed by atoms with Crippen LogP contribution in [0.5, 0.6) is 11.5 Å². The predicted octanol–water partition coefficient (Wildman–Crippen LogP) is 7.82. The van der Waals surface area contributed by atoms with Gasteiger partial charge in [-0.05, 0) is 42.5 Å². The SMILES string of the molecule is COc1ccccc1-c1c(C(F)(F)F)oc2cc(OC(=O)N(c3ccccc3)c3ccccc3)ccc2c1=O. The first-order valence-corrected chi connectivity index (χ1v) is 11.7. The van der Waals surface area contributed by atoms with Crippen LogP contribution in [-0.4, -0.2) is 13.2 Å². The normalized spacial score (nSPS) is 11.3. The first-order valence-electron chi connectivity index (χ1n) is 11.7. The van der Waals surface area contributed by atoms with Crippen LogP contribution in [0.3, 0.4) is 0 Å². The van der Waals surface area contributed by atoms with Crippen molar-refractivity contribution < 1.29 is 31.9 Å². The lowest BCUT2D eigenvalue weighted by Crippen LogP contribution is -2.29. The molecule has 9 heteroatoms. The van der Waals surface area contributed by atoms with Crippen LogP contribution in [0, 0.1) is 0 Å². The molecule has 0 bridgehead atoms. The molecule has 1 aromatic heterocycles. The maximum Gasteiger partial charge on any atom is 0.450 e. The van der Waals surface area contributed by atoms with E-state index in [1.165, 1.54) is 42.3 Å². The number of ether oxygens (including phenoxy) is 2. The molecule has 6 nitrogen and oxygen atoms in total. The molecule has 0 atom stereocenters. The number of carbonyl (C=O) groups excluding carboxylic acids is 1. The highest BCUT2D eigenvalue weighted by atomic mass is 19.4. The van der Waals surface area contributed by atoms with Crippen LogP contribution in [0.25, 0.3) is 22.1 Å². The van der Waals surface area contributed by atoms with Gasteiger partial charge in [-0.25, -0.2) is 9.69 Å². The van der Waals surface area contributed by atoms with Gasteiger partial charge >= 0.3 is 12.3 Å². The van der Waals surface area contributed by atoms with Crippen molar-refractivity contribution in [2.75, 3.05) is 12.0 Å². The zero-order valence-corrected chi connectivity index (χ0v) is 20.4. The fourth-order valence-corrected chi connectivity index (χ4v) is 4.19. The molecular weight excluding hydrogens is 511 g/mol. The second-order valence-electron chi connectivity index (χ2n) is 8.37. The Hall–Kier alpha value is -5.05. The number of alkyl halides is 3. The van der Waals surface area contributed by atoms with Gasteiger partial charge in [0, 0.05) is 11.6 Å². The lowest BCUT2D eigenvalue weighted by molar-refractivity contribution is -0.152. The molecule has 0 fully saturated rings. The molecule has 1 heterocycles. The Balaban J connectivity index is 1.59. The van der Waals surface area contributed by atoms with Crippen molar-refractivity contribution in [3.05, 3.63) is 119 Å². The highest BCUT2D eigenvalue weighted by molar-refractivity contribution is 5.97. The largest absolute Gasteiger partial charge is 0.496 e. The predicted molar refractivity (Wildman–Crippen MR) is 141 cm³/mol. The van der Waals surface area contributed by atoms with Crippen LogP contribution in [-0.2, 0) is 6.18 Å². The van der Waals surface area contributed by atoms with Crippen LogP contribution in [0.1, 0.15) is 5.76 Å². The monoisotopic (exact) mass is 531 g/mol. The second kappa shape index (κ2) is 10.4. The Labute approximate surface area is 220 Å². The van der Waals surface area contributed by atoms with Gasteiger partial charge in [-0.15, -0.1) is 0 Å². The average molecular weight is 531 g/mol. The smallest absolute Gasteiger partial charge is 0.450 e. The number of hydrogen-bond acceptors (Lipinski definition) is 5. The highest BCUT2D eigenvalue weighted by Crippen LogP contribution is 2.40. The van der Waals surface area contributed by atoms with Gasteiger partial charge in [-0.3, -0.25) is 4.79 Å². The topological polar surface area (TPSA) is 69.0 Å². The minimum atomic E-state index is -4.99. The number of carbonyl (C=O) groups is 1. The Kier molecular flexibility index (Phi) is 6.81. The van der Waals surface area contributed by atoms with Gasteiger partial charge < -0.3 is 13.9 Å². The van der Waals surface area contributed by atoms with E-state index in [9.17, 15) is 22.8 Å². The molecule has 0 unspecified atom stereocenters. The summed E-state index contributed by atoms with van der Waals surface area (Å²) in [5, 5.41) is -0.119. The summed E-state index contributed by atoms with van der Waals surface area (Å²) >= 11 is 0. The number of methoxy groups -OCH3 is 1. The van der Waals surface area contributed by atoms with E-state index in [-0.39, 0.29) is 28.0 Å². The number of rotatable bonds is 5. The molecule has 5 rings (SSSR count). The lowest BCUT2D eigenvalue weighted by Gasteiger charge is -2.22. The Morgan fingerprint density at radius 1 is 0.821 bits per heavy atom. The van der Waals surface area contributed by atoms with Crippen LogP contribution in [0.4, 0.5) is 29.3 Å². The standard InChI is InChI=1S/C30H20F3NO5/c1-37-24-15-9-8-14-22(24)26-27(35)23-17-16-21(18-25(23)39-28(26)30(31,32)33)38-29(36)34(19-10-4-2-5-11-19)20-12-6-3-7-13-20/h2-18H,1H3. The third kappa shape index (κ3) is 5.06. The molecule has 0 radical (unpaired) electrons. The maximum atomic E-state index is 14.1. The Bertz CT molecular complexity index is 1660. The number of anilines is 2. The summed E-state index contributed by atoms with van der Waals surface area (Å²) < 4.78 is 58.3. The average Bonchev–Trinajstić information content (AvgIpc) is 2.94. The number of nitrogens with zero attached hydrogens (tertiary/aromatic N) is 1. The molecule has 0 aliphatic carbocycles. The van der Waals surface area contributed by atoms with E-state index >= 15 is 0 Å². The van der Waals surface area contributed by atoms with Gasteiger partial charge in [-0.2, -0.15) is 13.2 Å². The van der Waals surface area contributed by atoms with Crippen molar-refractivity contribution in [2.24, 2.45) is 0 Å². The van der Waals surface area contributed by atoms with Crippen LogP contribution < -0.4 is 19.8 Å². The van der Waals surface area contributed by atoms with Crippen molar-refractivity contribution in [3.8, 4) is 22.6 Å². The first kappa shape index (κ1) is 25.6. The fourth-order valence-electron chi connectivity index (χ4n) is 4.19. The number of halogens is 3. The summed E-state index contributed by atoms with van der Waals surface area (Å²) in [5.41, 5.74) is -0.983. The Morgan fingerprint density at radius 3 is 2.00 bits per heavy atom. The van der Waals surface area contributed by atoms with Crippen molar-refractivity contribution in [2.45, 2.75) is 6.18 Å². The third-order valence-corrected chi connectivity index (χ3v) is 5.91. The number of para-hydroxylation sites is 3. The molecule has 0 aliphatic heterocycles. The number of hydrogen-bond donors (Lipinski definition) is 0. The molecule has 5 aromatic rings. The van der Waals surface area contributed by atoms with E-state index in [1.54, 1.807) is 66.7 Å². The zero-order valence-electron chi connectivity index (χ0n) is 20.4. The molecule has 0 saturated heterocycles. The summed E-state index contributed by atoms with van der Waals surface area (Å²) in [7, 11) is 1.30. The van der Waals surface area contributed by atoms with E-state index in [0.717, 1.165) is 6.07 Å². The van der Waals surface area contributed by atoms with Gasteiger partial charge in [0.25, 0.3) is 0 Å². The van der Waals surface area contributed by atoms with Gasteiger partial charge in [0.05, 0.1) is 29.4 Å². The molecule has 1 amide bonds. The molecule has 0 saturated carbocycles. The third-order valence-electron chi connectivity index (χ3n) is 5.91. The molecule has 39 heavy (non-hydrogen) atoms. The van der Waals surface area contributed by atoms with Crippen LogP contribution in [0.15, 0.2) is 112 Å².